The van der Waals surface area contributed by atoms with Crippen LogP contribution in [0.5, 0.6) is 11.5 Å². The van der Waals surface area contributed by atoms with Gasteiger partial charge in [-0.1, -0.05) is 18.2 Å². The van der Waals surface area contributed by atoms with Crippen LogP contribution in [0.25, 0.3) is 5.69 Å². The Kier molecular flexibility index (Phi) is 5.88. The fraction of sp³-hybridized carbons (Fsp3) is 0.304. The van der Waals surface area contributed by atoms with Gasteiger partial charge in [0, 0.05) is 44.6 Å². The van der Waals surface area contributed by atoms with Crippen molar-refractivity contribution in [3.05, 3.63) is 66.5 Å². The van der Waals surface area contributed by atoms with Crippen LogP contribution in [0.15, 0.2) is 60.9 Å². The lowest BCUT2D eigenvalue weighted by Gasteiger charge is -2.35. The third kappa shape index (κ3) is 4.25. The highest BCUT2D eigenvalue weighted by molar-refractivity contribution is 5.79. The van der Waals surface area contributed by atoms with Crippen molar-refractivity contribution < 1.29 is 14.3 Å². The summed E-state index contributed by atoms with van der Waals surface area (Å²) in [6.07, 6.45) is 4.16. The number of rotatable bonds is 6. The maximum atomic E-state index is 12.7. The molecule has 0 atom stereocenters. The van der Waals surface area contributed by atoms with E-state index in [1.54, 1.807) is 20.4 Å². The standard InChI is InChI=1S/C23H26N4O3/c1-29-20-8-6-18(7-9-20)16-22(28)25-12-14-26(15-13-25)23-24-10-11-27(23)19-4-3-5-21(17-19)30-2/h3-11,17H,12-16H2,1-2H3. The number of hydrogen-bond donors (Lipinski definition) is 0. The SMILES string of the molecule is COc1ccc(CC(=O)N2CCN(c3nccn3-c3cccc(OC)c3)CC2)cc1. The molecular formula is C23H26N4O3. The van der Waals surface area contributed by atoms with Crippen molar-refractivity contribution in [2.75, 3.05) is 45.3 Å². The molecule has 7 nitrogen and oxygen atoms in total. The van der Waals surface area contributed by atoms with Crippen LogP contribution in [0, 0.1) is 0 Å². The van der Waals surface area contributed by atoms with Crippen molar-refractivity contribution in [3.8, 4) is 17.2 Å². The first-order valence-corrected chi connectivity index (χ1v) is 10.0. The molecule has 1 saturated heterocycles. The van der Waals surface area contributed by atoms with E-state index in [9.17, 15) is 4.79 Å². The van der Waals surface area contributed by atoms with Crippen LogP contribution in [0.1, 0.15) is 5.56 Å². The summed E-state index contributed by atoms with van der Waals surface area (Å²) >= 11 is 0. The minimum atomic E-state index is 0.149. The molecule has 2 aromatic carbocycles. The molecule has 0 radical (unpaired) electrons. The van der Waals surface area contributed by atoms with Crippen molar-refractivity contribution in [3.63, 3.8) is 0 Å². The highest BCUT2D eigenvalue weighted by Gasteiger charge is 2.24. The first-order chi connectivity index (χ1) is 14.7. The number of piperazine rings is 1. The summed E-state index contributed by atoms with van der Waals surface area (Å²) < 4.78 is 12.6. The average Bonchev–Trinajstić information content (AvgIpc) is 3.30. The number of carbonyl (C=O) groups excluding carboxylic acids is 1. The number of carbonyl (C=O) groups is 1. The number of ether oxygens (including phenoxy) is 2. The number of aromatic nitrogens is 2. The van der Waals surface area contributed by atoms with Crippen molar-refractivity contribution in [2.45, 2.75) is 6.42 Å². The number of amides is 1. The van der Waals surface area contributed by atoms with E-state index in [1.165, 1.54) is 0 Å². The summed E-state index contributed by atoms with van der Waals surface area (Å²) in [6, 6.07) is 15.6. The lowest BCUT2D eigenvalue weighted by atomic mass is 10.1. The molecule has 1 aliphatic heterocycles. The van der Waals surface area contributed by atoms with E-state index in [0.29, 0.717) is 19.5 Å². The van der Waals surface area contributed by atoms with Gasteiger partial charge in [0.15, 0.2) is 0 Å². The smallest absolute Gasteiger partial charge is 0.227 e. The van der Waals surface area contributed by atoms with E-state index in [-0.39, 0.29) is 5.91 Å². The van der Waals surface area contributed by atoms with Crippen LogP contribution >= 0.6 is 0 Å². The van der Waals surface area contributed by atoms with Gasteiger partial charge in [-0.15, -0.1) is 0 Å². The first kappa shape index (κ1) is 19.8. The Morgan fingerprint density at radius 2 is 1.70 bits per heavy atom. The number of imidazole rings is 1. The minimum absolute atomic E-state index is 0.149. The van der Waals surface area contributed by atoms with Gasteiger partial charge in [0.05, 0.1) is 26.3 Å². The fourth-order valence-electron chi connectivity index (χ4n) is 3.68. The second-order valence-corrected chi connectivity index (χ2v) is 7.19. The molecule has 4 rings (SSSR count). The molecule has 0 saturated carbocycles. The molecule has 0 aliphatic carbocycles. The lowest BCUT2D eigenvalue weighted by molar-refractivity contribution is -0.130. The lowest BCUT2D eigenvalue weighted by Crippen LogP contribution is -2.49. The van der Waals surface area contributed by atoms with E-state index in [1.807, 2.05) is 59.6 Å². The maximum absolute atomic E-state index is 12.7. The molecule has 0 bridgehead atoms. The predicted octanol–water partition coefficient (Wildman–Crippen LogP) is 2.78. The number of benzene rings is 2. The zero-order chi connectivity index (χ0) is 20.9. The largest absolute Gasteiger partial charge is 0.497 e. The topological polar surface area (TPSA) is 59.8 Å². The summed E-state index contributed by atoms with van der Waals surface area (Å²) in [5.74, 6) is 2.63. The predicted molar refractivity (Wildman–Crippen MR) is 116 cm³/mol. The monoisotopic (exact) mass is 406 g/mol. The van der Waals surface area contributed by atoms with Crippen LogP contribution in [-0.4, -0.2) is 60.8 Å². The van der Waals surface area contributed by atoms with Crippen molar-refractivity contribution in [1.82, 2.24) is 14.5 Å². The van der Waals surface area contributed by atoms with Gasteiger partial charge in [0.2, 0.25) is 11.9 Å². The van der Waals surface area contributed by atoms with Crippen molar-refractivity contribution in [2.24, 2.45) is 0 Å². The number of hydrogen-bond acceptors (Lipinski definition) is 5. The normalized spacial score (nSPS) is 13.9. The molecule has 3 aromatic rings. The number of nitrogens with zero attached hydrogens (tertiary/aromatic N) is 4. The van der Waals surface area contributed by atoms with E-state index in [0.717, 1.165) is 41.8 Å². The van der Waals surface area contributed by atoms with Gasteiger partial charge in [0.1, 0.15) is 11.5 Å². The molecule has 2 heterocycles. The Labute approximate surface area is 176 Å². The van der Waals surface area contributed by atoms with E-state index in [2.05, 4.69) is 14.5 Å². The fourth-order valence-corrected chi connectivity index (χ4v) is 3.68. The van der Waals surface area contributed by atoms with E-state index >= 15 is 0 Å². The molecule has 7 heteroatoms. The second-order valence-electron chi connectivity index (χ2n) is 7.19. The highest BCUT2D eigenvalue weighted by Crippen LogP contribution is 2.23. The second kappa shape index (κ2) is 8.90. The van der Waals surface area contributed by atoms with Crippen LogP contribution < -0.4 is 14.4 Å². The number of anilines is 1. The van der Waals surface area contributed by atoms with Crippen molar-refractivity contribution >= 4 is 11.9 Å². The van der Waals surface area contributed by atoms with Crippen LogP contribution in [0.3, 0.4) is 0 Å². The third-order valence-electron chi connectivity index (χ3n) is 5.38. The van der Waals surface area contributed by atoms with Crippen molar-refractivity contribution in [1.29, 1.82) is 0 Å². The zero-order valence-corrected chi connectivity index (χ0v) is 17.3. The molecule has 0 unspecified atom stereocenters. The van der Waals surface area contributed by atoms with Gasteiger partial charge < -0.3 is 19.3 Å². The molecule has 1 aliphatic rings. The first-order valence-electron chi connectivity index (χ1n) is 10.0. The zero-order valence-electron chi connectivity index (χ0n) is 17.3. The number of methoxy groups -OCH3 is 2. The molecule has 0 spiro atoms. The van der Waals surface area contributed by atoms with Gasteiger partial charge in [0.25, 0.3) is 0 Å². The molecule has 1 fully saturated rings. The van der Waals surface area contributed by atoms with E-state index < -0.39 is 0 Å². The molecule has 1 amide bonds. The molecular weight excluding hydrogens is 380 g/mol. The van der Waals surface area contributed by atoms with Gasteiger partial charge in [-0.05, 0) is 29.8 Å². The average molecular weight is 406 g/mol. The summed E-state index contributed by atoms with van der Waals surface area (Å²) in [4.78, 5) is 21.4. The van der Waals surface area contributed by atoms with Crippen LogP contribution in [0.2, 0.25) is 0 Å². The summed E-state index contributed by atoms with van der Waals surface area (Å²) in [5.41, 5.74) is 2.00. The Morgan fingerprint density at radius 1 is 0.967 bits per heavy atom. The Morgan fingerprint density at radius 3 is 2.40 bits per heavy atom. The Hall–Kier alpha value is -3.48. The maximum Gasteiger partial charge on any atom is 0.227 e. The Balaban J connectivity index is 1.39. The van der Waals surface area contributed by atoms with Gasteiger partial charge in [-0.25, -0.2) is 4.98 Å². The summed E-state index contributed by atoms with van der Waals surface area (Å²) in [7, 11) is 3.30. The highest BCUT2D eigenvalue weighted by atomic mass is 16.5. The van der Waals surface area contributed by atoms with Gasteiger partial charge in [-0.2, -0.15) is 0 Å². The van der Waals surface area contributed by atoms with E-state index in [4.69, 9.17) is 9.47 Å². The third-order valence-corrected chi connectivity index (χ3v) is 5.38. The minimum Gasteiger partial charge on any atom is -0.497 e. The van der Waals surface area contributed by atoms with Crippen LogP contribution in [-0.2, 0) is 11.2 Å². The summed E-state index contributed by atoms with van der Waals surface area (Å²) in [5, 5.41) is 0. The molecule has 0 N–H and O–H groups in total. The van der Waals surface area contributed by atoms with Gasteiger partial charge in [-0.3, -0.25) is 9.36 Å². The molecule has 1 aromatic heterocycles. The van der Waals surface area contributed by atoms with Gasteiger partial charge >= 0.3 is 0 Å². The Bertz CT molecular complexity index is 992. The molecule has 156 valence electrons. The molecule has 30 heavy (non-hydrogen) atoms. The quantitative estimate of drug-likeness (QED) is 0.630. The van der Waals surface area contributed by atoms with Crippen LogP contribution in [0.4, 0.5) is 5.95 Å². The summed E-state index contributed by atoms with van der Waals surface area (Å²) in [6.45, 7) is 2.85.